The fraction of sp³-hybridized carbons (Fsp3) is 0.0625. The third-order valence-electron chi connectivity index (χ3n) is 2.99. The lowest BCUT2D eigenvalue weighted by atomic mass is 10.2. The maximum absolute atomic E-state index is 12.0. The van der Waals surface area contributed by atoms with Gasteiger partial charge >= 0.3 is 0 Å². The number of anilines is 1. The quantitative estimate of drug-likeness (QED) is 0.805. The van der Waals surface area contributed by atoms with Gasteiger partial charge in [0.1, 0.15) is 5.82 Å². The Morgan fingerprint density at radius 2 is 1.95 bits per heavy atom. The summed E-state index contributed by atoms with van der Waals surface area (Å²) in [5.41, 5.74) is 1.60. The lowest BCUT2D eigenvalue weighted by molar-refractivity contribution is -0.115. The van der Waals surface area contributed by atoms with Gasteiger partial charge in [-0.1, -0.05) is 35.9 Å². The highest BCUT2D eigenvalue weighted by Crippen LogP contribution is 2.13. The molecule has 4 nitrogen and oxygen atoms in total. The standard InChI is InChI=1S/C16H12ClN3O/c17-12-6-8-15(18-10-12)20-16(21)9-13-7-5-11-3-1-2-4-14(11)19-13/h1-8,10H,9H2,(H,18,20,21). The highest BCUT2D eigenvalue weighted by atomic mass is 35.5. The van der Waals surface area contributed by atoms with Crippen LogP contribution < -0.4 is 5.32 Å². The first-order valence-corrected chi connectivity index (χ1v) is 6.84. The summed E-state index contributed by atoms with van der Waals surface area (Å²) in [4.78, 5) is 20.5. The van der Waals surface area contributed by atoms with Gasteiger partial charge in [-0.25, -0.2) is 4.98 Å². The fourth-order valence-corrected chi connectivity index (χ4v) is 2.12. The summed E-state index contributed by atoms with van der Waals surface area (Å²) in [6.07, 6.45) is 1.70. The van der Waals surface area contributed by atoms with Crippen LogP contribution in [0.4, 0.5) is 5.82 Å². The minimum atomic E-state index is -0.160. The van der Waals surface area contributed by atoms with Gasteiger partial charge in [0.05, 0.1) is 22.7 Å². The number of hydrogen-bond donors (Lipinski definition) is 1. The third-order valence-corrected chi connectivity index (χ3v) is 3.22. The largest absolute Gasteiger partial charge is 0.310 e. The van der Waals surface area contributed by atoms with E-state index in [1.54, 1.807) is 12.1 Å². The molecule has 21 heavy (non-hydrogen) atoms. The molecule has 0 unspecified atom stereocenters. The van der Waals surface area contributed by atoms with Crippen molar-refractivity contribution in [2.75, 3.05) is 5.32 Å². The minimum Gasteiger partial charge on any atom is -0.310 e. The van der Waals surface area contributed by atoms with E-state index >= 15 is 0 Å². The summed E-state index contributed by atoms with van der Waals surface area (Å²) in [6, 6.07) is 15.0. The summed E-state index contributed by atoms with van der Waals surface area (Å²) in [5.74, 6) is 0.317. The molecule has 0 bridgehead atoms. The number of hydrogen-bond acceptors (Lipinski definition) is 3. The van der Waals surface area contributed by atoms with Gasteiger partial charge in [-0.15, -0.1) is 0 Å². The van der Waals surface area contributed by atoms with Crippen LogP contribution in [0.2, 0.25) is 5.02 Å². The maximum Gasteiger partial charge on any atom is 0.231 e. The van der Waals surface area contributed by atoms with E-state index in [0.717, 1.165) is 16.6 Å². The Hall–Kier alpha value is -2.46. The number of nitrogens with zero attached hydrogens (tertiary/aromatic N) is 2. The predicted molar refractivity (Wildman–Crippen MR) is 83.3 cm³/mol. The second-order valence-corrected chi connectivity index (χ2v) is 5.02. The molecule has 104 valence electrons. The van der Waals surface area contributed by atoms with Crippen molar-refractivity contribution in [1.82, 2.24) is 9.97 Å². The van der Waals surface area contributed by atoms with Gasteiger partial charge in [-0.3, -0.25) is 9.78 Å². The van der Waals surface area contributed by atoms with Crippen molar-refractivity contribution in [3.63, 3.8) is 0 Å². The molecule has 5 heteroatoms. The van der Waals surface area contributed by atoms with Gasteiger partial charge in [0.2, 0.25) is 5.91 Å². The number of halogens is 1. The Morgan fingerprint density at radius 3 is 2.76 bits per heavy atom. The van der Waals surface area contributed by atoms with Gasteiger partial charge in [0.15, 0.2) is 0 Å². The molecule has 3 rings (SSSR count). The molecule has 1 N–H and O–H groups in total. The number of rotatable bonds is 3. The second kappa shape index (κ2) is 5.89. The van der Waals surface area contributed by atoms with Crippen LogP contribution in [0, 0.1) is 0 Å². The molecule has 0 atom stereocenters. The van der Waals surface area contributed by atoms with E-state index in [2.05, 4.69) is 15.3 Å². The number of para-hydroxylation sites is 1. The normalized spacial score (nSPS) is 10.5. The van der Waals surface area contributed by atoms with Crippen molar-refractivity contribution in [1.29, 1.82) is 0 Å². The molecule has 0 aliphatic carbocycles. The zero-order valence-corrected chi connectivity index (χ0v) is 11.8. The average molecular weight is 298 g/mol. The number of carbonyl (C=O) groups excluding carboxylic acids is 1. The fourth-order valence-electron chi connectivity index (χ4n) is 2.01. The number of benzene rings is 1. The Labute approximate surface area is 126 Å². The Kier molecular flexibility index (Phi) is 3.79. The highest BCUT2D eigenvalue weighted by Gasteiger charge is 2.06. The van der Waals surface area contributed by atoms with Crippen LogP contribution in [-0.2, 0) is 11.2 Å². The van der Waals surface area contributed by atoms with Gasteiger partial charge in [0.25, 0.3) is 0 Å². The number of carbonyl (C=O) groups is 1. The Balaban J connectivity index is 1.72. The zero-order valence-electron chi connectivity index (χ0n) is 11.1. The molecular formula is C16H12ClN3O. The first kappa shape index (κ1) is 13.5. The van der Waals surface area contributed by atoms with E-state index in [9.17, 15) is 4.79 Å². The Morgan fingerprint density at radius 1 is 1.10 bits per heavy atom. The van der Waals surface area contributed by atoms with Crippen LogP contribution in [0.1, 0.15) is 5.69 Å². The van der Waals surface area contributed by atoms with Crippen LogP contribution in [0.25, 0.3) is 10.9 Å². The molecule has 0 aliphatic heterocycles. The van der Waals surface area contributed by atoms with Crippen LogP contribution in [0.3, 0.4) is 0 Å². The van der Waals surface area contributed by atoms with E-state index in [1.807, 2.05) is 36.4 Å². The van der Waals surface area contributed by atoms with Crippen LogP contribution in [0.5, 0.6) is 0 Å². The van der Waals surface area contributed by atoms with E-state index < -0.39 is 0 Å². The van der Waals surface area contributed by atoms with Crippen molar-refractivity contribution in [3.8, 4) is 0 Å². The van der Waals surface area contributed by atoms with Gasteiger partial charge < -0.3 is 5.32 Å². The summed E-state index contributed by atoms with van der Waals surface area (Å²) in [5, 5.41) is 4.31. The van der Waals surface area contributed by atoms with Gasteiger partial charge in [-0.2, -0.15) is 0 Å². The minimum absolute atomic E-state index is 0.160. The first-order valence-electron chi connectivity index (χ1n) is 6.47. The monoisotopic (exact) mass is 297 g/mol. The lowest BCUT2D eigenvalue weighted by Crippen LogP contribution is -2.15. The van der Waals surface area contributed by atoms with Crippen molar-refractivity contribution < 1.29 is 4.79 Å². The predicted octanol–water partition coefficient (Wildman–Crippen LogP) is 3.46. The SMILES string of the molecule is O=C(Cc1ccc2ccccc2n1)Nc1ccc(Cl)cn1. The van der Waals surface area contributed by atoms with Crippen molar-refractivity contribution in [2.45, 2.75) is 6.42 Å². The topological polar surface area (TPSA) is 54.9 Å². The number of fused-ring (bicyclic) bond motifs is 1. The third kappa shape index (κ3) is 3.35. The smallest absolute Gasteiger partial charge is 0.231 e. The second-order valence-electron chi connectivity index (χ2n) is 4.58. The molecule has 0 spiro atoms. The summed E-state index contributed by atoms with van der Waals surface area (Å²) >= 11 is 5.75. The number of pyridine rings is 2. The molecular weight excluding hydrogens is 286 g/mol. The van der Waals surface area contributed by atoms with Crippen molar-refractivity contribution in [3.05, 3.63) is 65.4 Å². The molecule has 3 aromatic rings. The summed E-state index contributed by atoms with van der Waals surface area (Å²) in [7, 11) is 0. The Bertz CT molecular complexity index is 787. The maximum atomic E-state index is 12.0. The molecule has 0 saturated carbocycles. The van der Waals surface area contributed by atoms with E-state index in [0.29, 0.717) is 10.8 Å². The van der Waals surface area contributed by atoms with E-state index in [-0.39, 0.29) is 12.3 Å². The number of aromatic nitrogens is 2. The molecule has 0 aliphatic rings. The van der Waals surface area contributed by atoms with Gasteiger partial charge in [-0.05, 0) is 24.3 Å². The van der Waals surface area contributed by atoms with Crippen molar-refractivity contribution >= 4 is 34.2 Å². The molecule has 0 radical (unpaired) electrons. The van der Waals surface area contributed by atoms with Crippen molar-refractivity contribution in [2.24, 2.45) is 0 Å². The van der Waals surface area contributed by atoms with E-state index in [4.69, 9.17) is 11.6 Å². The lowest BCUT2D eigenvalue weighted by Gasteiger charge is -2.05. The van der Waals surface area contributed by atoms with Crippen LogP contribution in [-0.4, -0.2) is 15.9 Å². The molecule has 0 fully saturated rings. The molecule has 2 aromatic heterocycles. The molecule has 0 saturated heterocycles. The van der Waals surface area contributed by atoms with Crippen LogP contribution in [0.15, 0.2) is 54.7 Å². The van der Waals surface area contributed by atoms with E-state index in [1.165, 1.54) is 6.20 Å². The number of nitrogens with one attached hydrogen (secondary N) is 1. The van der Waals surface area contributed by atoms with Crippen LogP contribution >= 0.6 is 11.6 Å². The average Bonchev–Trinajstić information content (AvgIpc) is 2.49. The van der Waals surface area contributed by atoms with Gasteiger partial charge in [0, 0.05) is 11.6 Å². The molecule has 1 amide bonds. The first-order chi connectivity index (χ1) is 10.2. The highest BCUT2D eigenvalue weighted by molar-refractivity contribution is 6.30. The summed E-state index contributed by atoms with van der Waals surface area (Å²) in [6.45, 7) is 0. The summed E-state index contributed by atoms with van der Waals surface area (Å²) < 4.78 is 0. The molecule has 1 aromatic carbocycles. The zero-order chi connectivity index (χ0) is 14.7. The number of amides is 1. The molecule has 2 heterocycles.